The lowest BCUT2D eigenvalue weighted by Crippen LogP contribution is -2.19. The number of nitrogens with one attached hydrogen (secondary N) is 1. The molecule has 0 radical (unpaired) electrons. The molecule has 1 fully saturated rings. The highest BCUT2D eigenvalue weighted by atomic mass is 35.5. The summed E-state index contributed by atoms with van der Waals surface area (Å²) in [5, 5.41) is 14.1. The molecule has 0 aliphatic carbocycles. The number of hydrogen-bond acceptors (Lipinski definition) is 5. The van der Waals surface area contributed by atoms with Crippen molar-refractivity contribution in [3.05, 3.63) is 58.6 Å². The van der Waals surface area contributed by atoms with Gasteiger partial charge in [-0.1, -0.05) is 23.2 Å². The van der Waals surface area contributed by atoms with Crippen LogP contribution < -0.4 is 4.74 Å². The number of nitrogens with zero attached hydrogens (tertiary/aromatic N) is 4. The van der Waals surface area contributed by atoms with E-state index in [2.05, 4.69) is 26.5 Å². The Morgan fingerprint density at radius 2 is 1.94 bits per heavy atom. The van der Waals surface area contributed by atoms with Crippen LogP contribution in [-0.2, 0) is 4.74 Å². The van der Waals surface area contributed by atoms with Gasteiger partial charge >= 0.3 is 0 Å². The zero-order valence-corrected chi connectivity index (χ0v) is 18.4. The Morgan fingerprint density at radius 1 is 1.16 bits per heavy atom. The van der Waals surface area contributed by atoms with E-state index in [0.29, 0.717) is 27.4 Å². The lowest BCUT2D eigenvalue weighted by Gasteiger charge is -2.22. The SMILES string of the molecule is C[C@@H](Oc1ccc2[nH]nc(-c3cnn(C4CCOCC4)c3)c2c1)c1c(Cl)cncc1Cl. The molecule has 31 heavy (non-hydrogen) atoms. The molecule has 1 atom stereocenters. The van der Waals surface area contributed by atoms with E-state index in [9.17, 15) is 0 Å². The molecule has 7 nitrogen and oxygen atoms in total. The van der Waals surface area contributed by atoms with E-state index in [1.54, 1.807) is 12.4 Å². The molecule has 4 heterocycles. The number of rotatable bonds is 5. The highest BCUT2D eigenvalue weighted by Gasteiger charge is 2.19. The smallest absolute Gasteiger partial charge is 0.124 e. The summed E-state index contributed by atoms with van der Waals surface area (Å²) in [5.74, 6) is 0.698. The van der Waals surface area contributed by atoms with Crippen molar-refractivity contribution in [3.63, 3.8) is 0 Å². The first-order chi connectivity index (χ1) is 15.1. The Balaban J connectivity index is 1.43. The molecule has 1 aliphatic heterocycles. The summed E-state index contributed by atoms with van der Waals surface area (Å²) in [5.41, 5.74) is 3.44. The van der Waals surface area contributed by atoms with Crippen LogP contribution in [-0.4, -0.2) is 38.2 Å². The maximum absolute atomic E-state index is 6.28. The minimum Gasteiger partial charge on any atom is -0.486 e. The Hall–Kier alpha value is -2.61. The monoisotopic (exact) mass is 457 g/mol. The van der Waals surface area contributed by atoms with Crippen molar-refractivity contribution in [1.82, 2.24) is 25.0 Å². The second-order valence-corrected chi connectivity index (χ2v) is 8.42. The molecule has 9 heteroatoms. The van der Waals surface area contributed by atoms with Gasteiger partial charge in [-0.3, -0.25) is 14.8 Å². The predicted octanol–water partition coefficient (Wildman–Crippen LogP) is 5.62. The zero-order valence-electron chi connectivity index (χ0n) is 16.9. The number of fused-ring (bicyclic) bond motifs is 1. The van der Waals surface area contributed by atoms with Gasteiger partial charge in [0.2, 0.25) is 0 Å². The van der Waals surface area contributed by atoms with E-state index >= 15 is 0 Å². The minimum absolute atomic E-state index is 0.341. The number of H-pyrrole nitrogens is 1. The van der Waals surface area contributed by atoms with Crippen LogP contribution in [0.1, 0.15) is 37.5 Å². The van der Waals surface area contributed by atoms with Gasteiger partial charge in [-0.25, -0.2) is 0 Å². The summed E-state index contributed by atoms with van der Waals surface area (Å²) in [6.07, 6.45) is 8.64. The fourth-order valence-electron chi connectivity index (χ4n) is 3.97. The highest BCUT2D eigenvalue weighted by Crippen LogP contribution is 2.35. The maximum Gasteiger partial charge on any atom is 0.124 e. The van der Waals surface area contributed by atoms with E-state index in [1.165, 1.54) is 0 Å². The molecule has 5 rings (SSSR count). The van der Waals surface area contributed by atoms with Crippen LogP contribution in [0.5, 0.6) is 5.75 Å². The summed E-state index contributed by atoms with van der Waals surface area (Å²) in [4.78, 5) is 4.00. The van der Waals surface area contributed by atoms with Crippen LogP contribution in [0.3, 0.4) is 0 Å². The average molecular weight is 458 g/mol. The van der Waals surface area contributed by atoms with Gasteiger partial charge in [-0.05, 0) is 38.0 Å². The quantitative estimate of drug-likeness (QED) is 0.420. The number of aromatic nitrogens is 5. The molecule has 0 amide bonds. The summed E-state index contributed by atoms with van der Waals surface area (Å²) in [6, 6.07) is 6.18. The molecular weight excluding hydrogens is 437 g/mol. The number of ether oxygens (including phenoxy) is 2. The zero-order chi connectivity index (χ0) is 21.4. The number of hydrogen-bond donors (Lipinski definition) is 1. The van der Waals surface area contributed by atoms with Crippen LogP contribution in [0.15, 0.2) is 43.0 Å². The number of halogens is 2. The summed E-state index contributed by atoms with van der Waals surface area (Å²) < 4.78 is 13.6. The van der Waals surface area contributed by atoms with Crippen LogP contribution >= 0.6 is 23.2 Å². The van der Waals surface area contributed by atoms with E-state index < -0.39 is 0 Å². The predicted molar refractivity (Wildman–Crippen MR) is 120 cm³/mol. The third kappa shape index (κ3) is 4.01. The van der Waals surface area contributed by atoms with Gasteiger partial charge in [0.25, 0.3) is 0 Å². The maximum atomic E-state index is 6.28. The van der Waals surface area contributed by atoms with Crippen molar-refractivity contribution in [2.45, 2.75) is 31.9 Å². The van der Waals surface area contributed by atoms with Crippen molar-refractivity contribution in [2.75, 3.05) is 13.2 Å². The molecule has 0 bridgehead atoms. The third-order valence-corrected chi connectivity index (χ3v) is 6.19. The van der Waals surface area contributed by atoms with Gasteiger partial charge in [0, 0.05) is 48.3 Å². The lowest BCUT2D eigenvalue weighted by molar-refractivity contribution is 0.0662. The van der Waals surface area contributed by atoms with Crippen molar-refractivity contribution < 1.29 is 9.47 Å². The van der Waals surface area contributed by atoms with Crippen LogP contribution in [0.2, 0.25) is 10.0 Å². The lowest BCUT2D eigenvalue weighted by atomic mass is 10.1. The summed E-state index contributed by atoms with van der Waals surface area (Å²) in [7, 11) is 0. The molecular formula is C22H21Cl2N5O2. The Morgan fingerprint density at radius 3 is 2.71 bits per heavy atom. The first kappa shape index (κ1) is 20.3. The molecule has 1 aromatic carbocycles. The van der Waals surface area contributed by atoms with Gasteiger partial charge in [0.05, 0.1) is 27.8 Å². The second kappa shape index (κ2) is 8.49. The van der Waals surface area contributed by atoms with Crippen molar-refractivity contribution in [2.24, 2.45) is 0 Å². The van der Waals surface area contributed by atoms with Crippen LogP contribution in [0.25, 0.3) is 22.2 Å². The van der Waals surface area contributed by atoms with Gasteiger partial charge in [-0.2, -0.15) is 10.2 Å². The molecule has 1 saturated heterocycles. The average Bonchev–Trinajstić information content (AvgIpc) is 3.41. The van der Waals surface area contributed by atoms with Gasteiger partial charge in [-0.15, -0.1) is 0 Å². The Bertz CT molecular complexity index is 1200. The molecule has 1 aliphatic rings. The second-order valence-electron chi connectivity index (χ2n) is 7.61. The Labute approximate surface area is 189 Å². The van der Waals surface area contributed by atoms with E-state index in [1.807, 2.05) is 36.0 Å². The molecule has 4 aromatic rings. The molecule has 160 valence electrons. The first-order valence-corrected chi connectivity index (χ1v) is 10.9. The van der Waals surface area contributed by atoms with Gasteiger partial charge in [0.1, 0.15) is 17.5 Å². The van der Waals surface area contributed by atoms with Crippen molar-refractivity contribution in [1.29, 1.82) is 0 Å². The summed E-state index contributed by atoms with van der Waals surface area (Å²) in [6.45, 7) is 3.46. The van der Waals surface area contributed by atoms with Crippen LogP contribution in [0, 0.1) is 0 Å². The topological polar surface area (TPSA) is 77.8 Å². The molecule has 3 aromatic heterocycles. The standard InChI is InChI=1S/C22H21Cl2N5O2/c1-13(21-18(23)10-25-11-19(21)24)31-16-2-3-20-17(8-16)22(28-27-20)14-9-26-29(12-14)15-4-6-30-7-5-15/h2-3,8-13,15H,4-7H2,1H3,(H,27,28)/t13-/m1/s1. The van der Waals surface area contributed by atoms with E-state index in [0.717, 1.165) is 48.2 Å². The largest absolute Gasteiger partial charge is 0.486 e. The number of pyridine rings is 1. The van der Waals surface area contributed by atoms with E-state index in [-0.39, 0.29) is 6.10 Å². The third-order valence-electron chi connectivity index (χ3n) is 5.58. The Kier molecular flexibility index (Phi) is 5.56. The molecule has 0 spiro atoms. The molecule has 0 unspecified atom stereocenters. The fourth-order valence-corrected chi connectivity index (χ4v) is 4.64. The van der Waals surface area contributed by atoms with Crippen molar-refractivity contribution in [3.8, 4) is 17.0 Å². The first-order valence-electron chi connectivity index (χ1n) is 10.2. The highest BCUT2D eigenvalue weighted by molar-refractivity contribution is 6.35. The fraction of sp³-hybridized carbons (Fsp3) is 0.318. The number of aromatic amines is 1. The molecule has 0 saturated carbocycles. The van der Waals surface area contributed by atoms with Gasteiger partial charge < -0.3 is 9.47 Å². The van der Waals surface area contributed by atoms with Crippen LogP contribution in [0.4, 0.5) is 0 Å². The molecule has 1 N–H and O–H groups in total. The van der Waals surface area contributed by atoms with E-state index in [4.69, 9.17) is 32.7 Å². The normalized spacial score (nSPS) is 16.0. The minimum atomic E-state index is -0.341. The van der Waals surface area contributed by atoms with Gasteiger partial charge in [0.15, 0.2) is 0 Å². The van der Waals surface area contributed by atoms with Crippen molar-refractivity contribution >= 4 is 34.1 Å². The summed E-state index contributed by atoms with van der Waals surface area (Å²) >= 11 is 12.6. The number of benzene rings is 1.